The fourth-order valence-electron chi connectivity index (χ4n) is 2.20. The number of anilines is 1. The second-order valence-electron chi connectivity index (χ2n) is 4.86. The van der Waals surface area contributed by atoms with Crippen LogP contribution in [-0.2, 0) is 4.79 Å². The van der Waals surface area contributed by atoms with Gasteiger partial charge >= 0.3 is 0 Å². The topological polar surface area (TPSA) is 64.3 Å². The molecule has 1 aromatic carbocycles. The molecular formula is C14H20N2O2. The molecule has 1 aliphatic carbocycles. The first-order valence-corrected chi connectivity index (χ1v) is 6.43. The minimum absolute atomic E-state index is 0.0546. The van der Waals surface area contributed by atoms with E-state index in [-0.39, 0.29) is 12.5 Å². The van der Waals surface area contributed by atoms with Gasteiger partial charge in [0.2, 0.25) is 0 Å². The number of carbonyl (C=O) groups excluding carboxylic acids is 1. The highest BCUT2D eigenvalue weighted by Gasteiger charge is 2.17. The van der Waals surface area contributed by atoms with E-state index in [4.69, 9.17) is 10.5 Å². The summed E-state index contributed by atoms with van der Waals surface area (Å²) >= 11 is 0. The van der Waals surface area contributed by atoms with E-state index in [1.54, 1.807) is 6.07 Å². The molecule has 0 atom stereocenters. The van der Waals surface area contributed by atoms with Crippen LogP contribution in [0.3, 0.4) is 0 Å². The molecule has 18 heavy (non-hydrogen) atoms. The minimum Gasteiger partial charge on any atom is -0.484 e. The maximum atomic E-state index is 11.7. The van der Waals surface area contributed by atoms with E-state index in [1.807, 2.05) is 19.1 Å². The molecule has 1 aliphatic rings. The van der Waals surface area contributed by atoms with Gasteiger partial charge in [0.05, 0.1) is 0 Å². The Morgan fingerprint density at radius 2 is 2.17 bits per heavy atom. The van der Waals surface area contributed by atoms with Gasteiger partial charge in [-0.1, -0.05) is 18.9 Å². The number of rotatable bonds is 4. The molecule has 1 fully saturated rings. The number of nitrogens with one attached hydrogen (secondary N) is 1. The van der Waals surface area contributed by atoms with Gasteiger partial charge in [-0.15, -0.1) is 0 Å². The lowest BCUT2D eigenvalue weighted by Crippen LogP contribution is -2.36. The minimum atomic E-state index is -0.0546. The van der Waals surface area contributed by atoms with Crippen molar-refractivity contribution >= 4 is 11.6 Å². The van der Waals surface area contributed by atoms with Gasteiger partial charge < -0.3 is 15.8 Å². The molecule has 1 aromatic rings. The molecule has 0 bridgehead atoms. The second-order valence-corrected chi connectivity index (χ2v) is 4.86. The van der Waals surface area contributed by atoms with Gasteiger partial charge in [0.1, 0.15) is 5.75 Å². The Kier molecular flexibility index (Phi) is 4.07. The lowest BCUT2D eigenvalue weighted by atomic mass is 10.2. The van der Waals surface area contributed by atoms with Crippen LogP contribution in [0.1, 0.15) is 31.2 Å². The summed E-state index contributed by atoms with van der Waals surface area (Å²) in [5.74, 6) is 0.584. The third kappa shape index (κ3) is 3.39. The van der Waals surface area contributed by atoms with Gasteiger partial charge in [0, 0.05) is 17.8 Å². The fraction of sp³-hybridized carbons (Fsp3) is 0.500. The summed E-state index contributed by atoms with van der Waals surface area (Å²) in [6.07, 6.45) is 4.59. The van der Waals surface area contributed by atoms with Gasteiger partial charge in [-0.3, -0.25) is 4.79 Å². The van der Waals surface area contributed by atoms with Crippen LogP contribution in [0.25, 0.3) is 0 Å². The molecule has 1 amide bonds. The Balaban J connectivity index is 1.79. The summed E-state index contributed by atoms with van der Waals surface area (Å²) in [7, 11) is 0. The number of carbonyl (C=O) groups is 1. The van der Waals surface area contributed by atoms with E-state index in [2.05, 4.69) is 5.32 Å². The number of hydrogen-bond acceptors (Lipinski definition) is 3. The summed E-state index contributed by atoms with van der Waals surface area (Å²) in [4.78, 5) is 11.7. The molecule has 3 N–H and O–H groups in total. The van der Waals surface area contributed by atoms with Crippen LogP contribution >= 0.6 is 0 Å². The van der Waals surface area contributed by atoms with Crippen molar-refractivity contribution < 1.29 is 9.53 Å². The molecule has 4 nitrogen and oxygen atoms in total. The first-order valence-electron chi connectivity index (χ1n) is 6.43. The number of amides is 1. The lowest BCUT2D eigenvalue weighted by molar-refractivity contribution is -0.123. The molecule has 0 radical (unpaired) electrons. The largest absolute Gasteiger partial charge is 0.484 e. The van der Waals surface area contributed by atoms with Crippen LogP contribution in [0, 0.1) is 6.92 Å². The second kappa shape index (κ2) is 5.76. The molecular weight excluding hydrogens is 228 g/mol. The van der Waals surface area contributed by atoms with Crippen molar-refractivity contribution in [2.24, 2.45) is 0 Å². The monoisotopic (exact) mass is 248 g/mol. The van der Waals surface area contributed by atoms with Crippen molar-refractivity contribution in [1.29, 1.82) is 0 Å². The SMILES string of the molecule is Cc1ccc(OCC(=O)NC2CCCC2)cc1N. The third-order valence-electron chi connectivity index (χ3n) is 3.34. The van der Waals surface area contributed by atoms with Crippen LogP contribution in [0.4, 0.5) is 5.69 Å². The number of hydrogen-bond donors (Lipinski definition) is 2. The van der Waals surface area contributed by atoms with E-state index in [0.29, 0.717) is 17.5 Å². The molecule has 0 unspecified atom stereocenters. The van der Waals surface area contributed by atoms with Crippen molar-refractivity contribution in [1.82, 2.24) is 5.32 Å². The predicted octanol–water partition coefficient (Wildman–Crippen LogP) is 2.01. The molecule has 0 aromatic heterocycles. The van der Waals surface area contributed by atoms with E-state index >= 15 is 0 Å². The molecule has 1 saturated carbocycles. The van der Waals surface area contributed by atoms with Crippen LogP contribution < -0.4 is 15.8 Å². The number of nitrogens with two attached hydrogens (primary N) is 1. The summed E-state index contributed by atoms with van der Waals surface area (Å²) in [5.41, 5.74) is 7.47. The molecule has 2 rings (SSSR count). The maximum absolute atomic E-state index is 11.7. The Labute approximate surface area is 108 Å². The van der Waals surface area contributed by atoms with Gasteiger partial charge in [-0.25, -0.2) is 0 Å². The molecule has 0 heterocycles. The van der Waals surface area contributed by atoms with Gasteiger partial charge in [0.25, 0.3) is 5.91 Å². The summed E-state index contributed by atoms with van der Waals surface area (Å²) in [5, 5.41) is 2.98. The van der Waals surface area contributed by atoms with Gasteiger partial charge in [-0.2, -0.15) is 0 Å². The Bertz CT molecular complexity index is 426. The van der Waals surface area contributed by atoms with Crippen LogP contribution in [0.2, 0.25) is 0 Å². The normalized spacial score (nSPS) is 15.6. The molecule has 0 spiro atoms. The smallest absolute Gasteiger partial charge is 0.258 e. The van der Waals surface area contributed by atoms with Crippen LogP contribution in [0.5, 0.6) is 5.75 Å². The van der Waals surface area contributed by atoms with E-state index in [9.17, 15) is 4.79 Å². The first-order chi connectivity index (χ1) is 8.65. The highest BCUT2D eigenvalue weighted by molar-refractivity contribution is 5.77. The standard InChI is InChI=1S/C14H20N2O2/c1-10-6-7-12(8-13(10)15)18-9-14(17)16-11-4-2-3-5-11/h6-8,11H,2-5,9,15H2,1H3,(H,16,17). The summed E-state index contributed by atoms with van der Waals surface area (Å²) in [6, 6.07) is 5.80. The quantitative estimate of drug-likeness (QED) is 0.801. The summed E-state index contributed by atoms with van der Waals surface area (Å²) in [6.45, 7) is 1.99. The average Bonchev–Trinajstić information content (AvgIpc) is 2.83. The van der Waals surface area contributed by atoms with Crippen molar-refractivity contribution in [3.05, 3.63) is 23.8 Å². The van der Waals surface area contributed by atoms with Gasteiger partial charge in [0.15, 0.2) is 6.61 Å². The maximum Gasteiger partial charge on any atom is 0.258 e. The Morgan fingerprint density at radius 3 is 2.83 bits per heavy atom. The molecule has 4 heteroatoms. The van der Waals surface area contributed by atoms with Crippen molar-refractivity contribution in [2.45, 2.75) is 38.6 Å². The number of aryl methyl sites for hydroxylation is 1. The zero-order chi connectivity index (χ0) is 13.0. The Hall–Kier alpha value is -1.71. The third-order valence-corrected chi connectivity index (χ3v) is 3.34. The van der Waals surface area contributed by atoms with E-state index in [1.165, 1.54) is 12.8 Å². The summed E-state index contributed by atoms with van der Waals surface area (Å²) < 4.78 is 5.42. The molecule has 0 aliphatic heterocycles. The van der Waals surface area contributed by atoms with Crippen LogP contribution in [-0.4, -0.2) is 18.6 Å². The number of nitrogen functional groups attached to an aromatic ring is 1. The highest BCUT2D eigenvalue weighted by Crippen LogP contribution is 2.19. The predicted molar refractivity (Wildman–Crippen MR) is 71.5 cm³/mol. The van der Waals surface area contributed by atoms with E-state index in [0.717, 1.165) is 18.4 Å². The van der Waals surface area contributed by atoms with E-state index < -0.39 is 0 Å². The number of benzene rings is 1. The molecule has 98 valence electrons. The average molecular weight is 248 g/mol. The Morgan fingerprint density at radius 1 is 1.44 bits per heavy atom. The zero-order valence-electron chi connectivity index (χ0n) is 10.7. The van der Waals surface area contributed by atoms with Crippen molar-refractivity contribution in [3.63, 3.8) is 0 Å². The van der Waals surface area contributed by atoms with Gasteiger partial charge in [-0.05, 0) is 31.4 Å². The fourth-order valence-corrected chi connectivity index (χ4v) is 2.20. The molecule has 0 saturated heterocycles. The van der Waals surface area contributed by atoms with Crippen molar-refractivity contribution in [2.75, 3.05) is 12.3 Å². The highest BCUT2D eigenvalue weighted by atomic mass is 16.5. The lowest BCUT2D eigenvalue weighted by Gasteiger charge is -2.13. The van der Waals surface area contributed by atoms with Crippen LogP contribution in [0.15, 0.2) is 18.2 Å². The van der Waals surface area contributed by atoms with Crippen molar-refractivity contribution in [3.8, 4) is 5.75 Å². The zero-order valence-corrected chi connectivity index (χ0v) is 10.7. The number of ether oxygens (including phenoxy) is 1. The first kappa shape index (κ1) is 12.7.